The van der Waals surface area contributed by atoms with Crippen molar-refractivity contribution in [1.29, 1.82) is 0 Å². The van der Waals surface area contributed by atoms with Gasteiger partial charge in [-0.05, 0) is 12.1 Å². The minimum atomic E-state index is 0.0881. The van der Waals surface area contributed by atoms with E-state index in [9.17, 15) is 4.79 Å². The maximum Gasteiger partial charge on any atom is 0.326 e. The van der Waals surface area contributed by atoms with Gasteiger partial charge in [0.2, 0.25) is 0 Å². The summed E-state index contributed by atoms with van der Waals surface area (Å²) in [6.07, 6.45) is 1.72. The van der Waals surface area contributed by atoms with Gasteiger partial charge in [-0.1, -0.05) is 6.07 Å². The van der Waals surface area contributed by atoms with Crippen molar-refractivity contribution in [1.82, 2.24) is 15.2 Å². The summed E-state index contributed by atoms with van der Waals surface area (Å²) in [4.78, 5) is 20.0. The van der Waals surface area contributed by atoms with E-state index in [2.05, 4.69) is 10.3 Å². The lowest BCUT2D eigenvalue weighted by molar-refractivity contribution is 0.193. The molecule has 2 fully saturated rings. The standard InChI is InChI=1S/C11H14N4O/c16-11-14-6-5-12-7-9(14)8-15(11)10-3-1-2-4-13-10/h1-4,9,12H,5-8H2. The molecule has 1 atom stereocenters. The Bertz CT molecular complexity index is 394. The molecule has 1 aromatic heterocycles. The van der Waals surface area contributed by atoms with Crippen molar-refractivity contribution in [2.75, 3.05) is 31.1 Å². The van der Waals surface area contributed by atoms with Gasteiger partial charge < -0.3 is 10.2 Å². The van der Waals surface area contributed by atoms with Crippen LogP contribution < -0.4 is 10.2 Å². The highest BCUT2D eigenvalue weighted by Crippen LogP contribution is 2.22. The van der Waals surface area contributed by atoms with Gasteiger partial charge >= 0.3 is 6.03 Å². The van der Waals surface area contributed by atoms with Crippen LogP contribution in [0.5, 0.6) is 0 Å². The lowest BCUT2D eigenvalue weighted by atomic mass is 10.2. The number of amides is 2. The van der Waals surface area contributed by atoms with Gasteiger partial charge in [0.15, 0.2) is 0 Å². The third-order valence-corrected chi connectivity index (χ3v) is 3.15. The largest absolute Gasteiger partial charge is 0.326 e. The van der Waals surface area contributed by atoms with Crippen molar-refractivity contribution in [3.8, 4) is 0 Å². The Kier molecular flexibility index (Phi) is 2.25. The smallest absolute Gasteiger partial charge is 0.317 e. The normalized spacial score (nSPS) is 24.8. The molecule has 5 nitrogen and oxygen atoms in total. The van der Waals surface area contributed by atoms with E-state index in [0.717, 1.165) is 32.0 Å². The van der Waals surface area contributed by atoms with Gasteiger partial charge in [0, 0.05) is 25.8 Å². The van der Waals surface area contributed by atoms with Gasteiger partial charge in [-0.3, -0.25) is 4.90 Å². The molecule has 5 heteroatoms. The summed E-state index contributed by atoms with van der Waals surface area (Å²) in [5, 5.41) is 3.31. The zero-order valence-electron chi connectivity index (χ0n) is 8.97. The monoisotopic (exact) mass is 218 g/mol. The predicted molar refractivity (Wildman–Crippen MR) is 60.3 cm³/mol. The maximum absolute atomic E-state index is 12.1. The Morgan fingerprint density at radius 1 is 1.44 bits per heavy atom. The lowest BCUT2D eigenvalue weighted by Gasteiger charge is -2.28. The molecule has 0 bridgehead atoms. The number of fused-ring (bicyclic) bond motifs is 1. The molecule has 1 aromatic rings. The zero-order chi connectivity index (χ0) is 11.0. The summed E-state index contributed by atoms with van der Waals surface area (Å²) < 4.78 is 0. The second kappa shape index (κ2) is 3.75. The van der Waals surface area contributed by atoms with E-state index >= 15 is 0 Å². The molecule has 2 saturated heterocycles. The summed E-state index contributed by atoms with van der Waals surface area (Å²) >= 11 is 0. The number of nitrogens with one attached hydrogen (secondary N) is 1. The molecule has 3 heterocycles. The van der Waals surface area contributed by atoms with Crippen molar-refractivity contribution >= 4 is 11.8 Å². The van der Waals surface area contributed by atoms with Crippen molar-refractivity contribution in [3.05, 3.63) is 24.4 Å². The van der Waals surface area contributed by atoms with Crippen molar-refractivity contribution in [2.24, 2.45) is 0 Å². The van der Waals surface area contributed by atoms with E-state index < -0.39 is 0 Å². The Morgan fingerprint density at radius 2 is 2.38 bits per heavy atom. The summed E-state index contributed by atoms with van der Waals surface area (Å²) in [6, 6.07) is 6.03. The van der Waals surface area contributed by atoms with Gasteiger partial charge in [-0.2, -0.15) is 0 Å². The fourth-order valence-electron chi connectivity index (χ4n) is 2.32. The summed E-state index contributed by atoms with van der Waals surface area (Å²) in [5.41, 5.74) is 0. The lowest BCUT2D eigenvalue weighted by Crippen LogP contribution is -2.49. The number of pyridine rings is 1. The van der Waals surface area contributed by atoms with Crippen molar-refractivity contribution < 1.29 is 4.79 Å². The van der Waals surface area contributed by atoms with Crippen molar-refractivity contribution in [2.45, 2.75) is 6.04 Å². The number of carbonyl (C=O) groups is 1. The molecule has 2 aliphatic rings. The highest BCUT2D eigenvalue weighted by atomic mass is 16.2. The van der Waals surface area contributed by atoms with E-state index in [-0.39, 0.29) is 6.03 Å². The van der Waals surface area contributed by atoms with Gasteiger partial charge in [0.05, 0.1) is 12.6 Å². The average Bonchev–Trinajstić information content (AvgIpc) is 2.69. The molecule has 1 N–H and O–H groups in total. The fourth-order valence-corrected chi connectivity index (χ4v) is 2.32. The maximum atomic E-state index is 12.1. The minimum Gasteiger partial charge on any atom is -0.317 e. The number of carbonyl (C=O) groups excluding carboxylic acids is 1. The second-order valence-electron chi connectivity index (χ2n) is 4.13. The Morgan fingerprint density at radius 3 is 3.12 bits per heavy atom. The van der Waals surface area contributed by atoms with Crippen LogP contribution in [-0.4, -0.2) is 48.1 Å². The van der Waals surface area contributed by atoms with Gasteiger partial charge in [0.1, 0.15) is 5.82 Å². The van der Waals surface area contributed by atoms with Crippen LogP contribution in [0.1, 0.15) is 0 Å². The number of hydrogen-bond donors (Lipinski definition) is 1. The van der Waals surface area contributed by atoms with Crippen LogP contribution in [0.2, 0.25) is 0 Å². The van der Waals surface area contributed by atoms with Crippen molar-refractivity contribution in [3.63, 3.8) is 0 Å². The van der Waals surface area contributed by atoms with Crippen LogP contribution in [0, 0.1) is 0 Å². The van der Waals surface area contributed by atoms with E-state index in [1.54, 1.807) is 11.1 Å². The molecule has 16 heavy (non-hydrogen) atoms. The van der Waals surface area contributed by atoms with E-state index in [4.69, 9.17) is 0 Å². The number of aromatic nitrogens is 1. The zero-order valence-corrected chi connectivity index (χ0v) is 8.97. The Hall–Kier alpha value is -1.62. The van der Waals surface area contributed by atoms with Gasteiger partial charge in [-0.15, -0.1) is 0 Å². The number of urea groups is 1. The minimum absolute atomic E-state index is 0.0881. The predicted octanol–water partition coefficient (Wildman–Crippen LogP) is 0.295. The SMILES string of the molecule is O=C1N(c2ccccn2)CC2CNCCN12. The molecule has 2 amide bonds. The number of hydrogen-bond acceptors (Lipinski definition) is 3. The van der Waals surface area contributed by atoms with Crippen LogP contribution in [0.25, 0.3) is 0 Å². The third-order valence-electron chi connectivity index (χ3n) is 3.15. The molecule has 84 valence electrons. The Balaban J connectivity index is 1.86. The molecule has 0 aromatic carbocycles. The van der Waals surface area contributed by atoms with Crippen LogP contribution in [0.3, 0.4) is 0 Å². The van der Waals surface area contributed by atoms with E-state index in [0.29, 0.717) is 6.04 Å². The highest BCUT2D eigenvalue weighted by molar-refractivity contribution is 5.93. The molecular formula is C11H14N4O. The first kappa shape index (κ1) is 9.59. The fraction of sp³-hybridized carbons (Fsp3) is 0.455. The van der Waals surface area contributed by atoms with Crippen LogP contribution in [0.4, 0.5) is 10.6 Å². The highest BCUT2D eigenvalue weighted by Gasteiger charge is 2.39. The van der Waals surface area contributed by atoms with Crippen LogP contribution in [-0.2, 0) is 0 Å². The molecule has 2 aliphatic heterocycles. The average molecular weight is 218 g/mol. The van der Waals surface area contributed by atoms with E-state index in [1.165, 1.54) is 0 Å². The first-order valence-corrected chi connectivity index (χ1v) is 5.56. The van der Waals surface area contributed by atoms with E-state index in [1.807, 2.05) is 23.1 Å². The molecule has 3 rings (SSSR count). The summed E-state index contributed by atoms with van der Waals surface area (Å²) in [5.74, 6) is 0.752. The first-order chi connectivity index (χ1) is 7.86. The molecule has 0 radical (unpaired) electrons. The number of rotatable bonds is 1. The number of nitrogens with zero attached hydrogens (tertiary/aromatic N) is 3. The quantitative estimate of drug-likeness (QED) is 0.737. The Labute approximate surface area is 94.1 Å². The topological polar surface area (TPSA) is 48.5 Å². The number of anilines is 1. The number of piperazine rings is 1. The second-order valence-corrected chi connectivity index (χ2v) is 4.13. The van der Waals surface area contributed by atoms with Gasteiger partial charge in [0.25, 0.3) is 0 Å². The molecule has 0 aliphatic carbocycles. The summed E-state index contributed by atoms with van der Waals surface area (Å²) in [6.45, 7) is 3.31. The summed E-state index contributed by atoms with van der Waals surface area (Å²) in [7, 11) is 0. The third kappa shape index (κ3) is 1.44. The molecule has 1 unspecified atom stereocenters. The first-order valence-electron chi connectivity index (χ1n) is 5.56. The molecular weight excluding hydrogens is 204 g/mol. The van der Waals surface area contributed by atoms with Crippen LogP contribution >= 0.6 is 0 Å². The van der Waals surface area contributed by atoms with Crippen LogP contribution in [0.15, 0.2) is 24.4 Å². The van der Waals surface area contributed by atoms with Gasteiger partial charge in [-0.25, -0.2) is 9.78 Å². The molecule has 0 spiro atoms. The molecule has 0 saturated carbocycles.